The Morgan fingerprint density at radius 1 is 1.06 bits per heavy atom. The Balaban J connectivity index is 1.53. The van der Waals surface area contributed by atoms with Gasteiger partial charge in [-0.2, -0.15) is 4.98 Å². The van der Waals surface area contributed by atoms with Crippen molar-refractivity contribution in [2.75, 3.05) is 23.8 Å². The lowest BCUT2D eigenvalue weighted by Gasteiger charge is -2.14. The molecule has 0 unspecified atom stereocenters. The van der Waals surface area contributed by atoms with E-state index in [0.29, 0.717) is 28.5 Å². The number of benzene rings is 2. The van der Waals surface area contributed by atoms with E-state index in [4.69, 9.17) is 0 Å². The Bertz CT molecular complexity index is 1130. The zero-order valence-electron chi connectivity index (χ0n) is 18.3. The molecule has 0 saturated carbocycles. The van der Waals surface area contributed by atoms with Crippen LogP contribution in [0, 0.1) is 0 Å². The van der Waals surface area contributed by atoms with Crippen molar-refractivity contribution in [3.63, 3.8) is 0 Å². The SMILES string of the molecule is C[C@H](CO)Nc1nc(Nc2ccc(S(=O)(=O)NCCCCc3ccccc3)cc2)ncc1Br. The maximum atomic E-state index is 12.6. The maximum absolute atomic E-state index is 12.6. The standard InChI is InChI=1S/C23H28BrN5O3S/c1-17(16-30)27-22-21(24)15-25-23(29-22)28-19-10-12-20(13-11-19)33(31,32)26-14-6-5-9-18-7-3-2-4-8-18/h2-4,7-8,10-13,15,17,26,30H,5-6,9,14,16H2,1H3,(H2,25,27,28,29)/t17-/m1/s1. The summed E-state index contributed by atoms with van der Waals surface area (Å²) in [5.74, 6) is 0.891. The first-order valence-corrected chi connectivity index (χ1v) is 13.0. The molecule has 2 aromatic carbocycles. The minimum atomic E-state index is -3.57. The topological polar surface area (TPSA) is 116 Å². The predicted octanol–water partition coefficient (Wildman–Crippen LogP) is 4.08. The van der Waals surface area contributed by atoms with E-state index in [0.717, 1.165) is 19.3 Å². The van der Waals surface area contributed by atoms with Gasteiger partial charge in [0.05, 0.1) is 16.0 Å². The van der Waals surface area contributed by atoms with Crippen molar-refractivity contribution < 1.29 is 13.5 Å². The van der Waals surface area contributed by atoms with E-state index in [1.54, 1.807) is 30.5 Å². The van der Waals surface area contributed by atoms with Gasteiger partial charge in [0.1, 0.15) is 5.82 Å². The molecule has 10 heteroatoms. The number of rotatable bonds is 12. The summed E-state index contributed by atoms with van der Waals surface area (Å²) in [5.41, 5.74) is 1.91. The van der Waals surface area contributed by atoms with Crippen LogP contribution in [0.5, 0.6) is 0 Å². The van der Waals surface area contributed by atoms with Crippen LogP contribution >= 0.6 is 15.9 Å². The van der Waals surface area contributed by atoms with Crippen LogP contribution in [0.15, 0.2) is 70.2 Å². The van der Waals surface area contributed by atoms with Crippen molar-refractivity contribution in [1.82, 2.24) is 14.7 Å². The molecule has 176 valence electrons. The smallest absolute Gasteiger partial charge is 0.240 e. The summed E-state index contributed by atoms with van der Waals surface area (Å²) in [7, 11) is -3.57. The number of nitrogens with one attached hydrogen (secondary N) is 3. The minimum absolute atomic E-state index is 0.0315. The first-order valence-electron chi connectivity index (χ1n) is 10.7. The van der Waals surface area contributed by atoms with Gasteiger partial charge in [0.2, 0.25) is 16.0 Å². The molecule has 1 atom stereocenters. The fourth-order valence-electron chi connectivity index (χ4n) is 3.04. The average Bonchev–Trinajstić information content (AvgIpc) is 2.82. The summed E-state index contributed by atoms with van der Waals surface area (Å²) in [6, 6.07) is 16.4. The fraction of sp³-hybridized carbons (Fsp3) is 0.304. The number of unbranched alkanes of at least 4 members (excludes halogenated alkanes) is 1. The Labute approximate surface area is 203 Å². The number of hydrogen-bond acceptors (Lipinski definition) is 7. The molecular weight excluding hydrogens is 506 g/mol. The molecule has 1 aromatic heterocycles. The minimum Gasteiger partial charge on any atom is -0.394 e. The van der Waals surface area contributed by atoms with E-state index in [1.807, 2.05) is 25.1 Å². The third kappa shape index (κ3) is 7.78. The van der Waals surface area contributed by atoms with E-state index in [1.165, 1.54) is 5.56 Å². The summed E-state index contributed by atoms with van der Waals surface area (Å²) >= 11 is 3.38. The summed E-state index contributed by atoms with van der Waals surface area (Å²) < 4.78 is 28.4. The number of aryl methyl sites for hydroxylation is 1. The van der Waals surface area contributed by atoms with Gasteiger partial charge in [0.15, 0.2) is 0 Å². The molecule has 0 radical (unpaired) electrons. The second kappa shape index (κ2) is 12.1. The molecule has 33 heavy (non-hydrogen) atoms. The van der Waals surface area contributed by atoms with Gasteiger partial charge in [0.25, 0.3) is 0 Å². The van der Waals surface area contributed by atoms with Crippen LogP contribution in [0.4, 0.5) is 17.5 Å². The number of hydrogen-bond donors (Lipinski definition) is 4. The molecule has 0 bridgehead atoms. The van der Waals surface area contributed by atoms with E-state index in [-0.39, 0.29) is 17.5 Å². The Hall–Kier alpha value is -2.53. The highest BCUT2D eigenvalue weighted by Gasteiger charge is 2.14. The van der Waals surface area contributed by atoms with Crippen molar-refractivity contribution in [3.8, 4) is 0 Å². The molecule has 1 heterocycles. The number of anilines is 3. The third-order valence-corrected chi connectivity index (χ3v) is 6.91. The predicted molar refractivity (Wildman–Crippen MR) is 134 cm³/mol. The highest BCUT2D eigenvalue weighted by molar-refractivity contribution is 9.10. The summed E-state index contributed by atoms with van der Waals surface area (Å²) in [5, 5.41) is 15.4. The maximum Gasteiger partial charge on any atom is 0.240 e. The van der Waals surface area contributed by atoms with Crippen LogP contribution in [0.1, 0.15) is 25.3 Å². The van der Waals surface area contributed by atoms with E-state index in [9.17, 15) is 13.5 Å². The molecule has 3 rings (SSSR count). The van der Waals surface area contributed by atoms with Gasteiger partial charge in [0, 0.05) is 24.5 Å². The average molecular weight is 534 g/mol. The molecule has 0 fully saturated rings. The van der Waals surface area contributed by atoms with E-state index >= 15 is 0 Å². The monoisotopic (exact) mass is 533 g/mol. The Kier molecular flexibility index (Phi) is 9.19. The summed E-state index contributed by atoms with van der Waals surface area (Å²) in [6.07, 6.45) is 4.20. The molecule has 0 aliphatic rings. The number of nitrogens with zero attached hydrogens (tertiary/aromatic N) is 2. The van der Waals surface area contributed by atoms with Gasteiger partial charge >= 0.3 is 0 Å². The van der Waals surface area contributed by atoms with Crippen molar-refractivity contribution in [2.24, 2.45) is 0 Å². The second-order valence-corrected chi connectivity index (χ2v) is 10.2. The molecule has 0 amide bonds. The molecule has 3 aromatic rings. The van der Waals surface area contributed by atoms with Gasteiger partial charge in [-0.1, -0.05) is 30.3 Å². The lowest BCUT2D eigenvalue weighted by atomic mass is 10.1. The fourth-order valence-corrected chi connectivity index (χ4v) is 4.42. The molecule has 0 spiro atoms. The zero-order chi connectivity index (χ0) is 23.7. The Morgan fingerprint density at radius 2 is 1.79 bits per heavy atom. The van der Waals surface area contributed by atoms with Crippen molar-refractivity contribution in [1.29, 1.82) is 0 Å². The van der Waals surface area contributed by atoms with Crippen molar-refractivity contribution >= 4 is 43.4 Å². The lowest BCUT2D eigenvalue weighted by molar-refractivity contribution is 0.281. The largest absolute Gasteiger partial charge is 0.394 e. The highest BCUT2D eigenvalue weighted by atomic mass is 79.9. The first kappa shape index (κ1) is 25.1. The van der Waals surface area contributed by atoms with Gasteiger partial charge < -0.3 is 15.7 Å². The van der Waals surface area contributed by atoms with Crippen LogP contribution < -0.4 is 15.4 Å². The number of aromatic nitrogens is 2. The van der Waals surface area contributed by atoms with Gasteiger partial charge in [-0.15, -0.1) is 0 Å². The number of halogens is 1. The van der Waals surface area contributed by atoms with Crippen LogP contribution in [0.3, 0.4) is 0 Å². The number of aliphatic hydroxyl groups is 1. The normalized spacial score (nSPS) is 12.3. The quantitative estimate of drug-likeness (QED) is 0.259. The van der Waals surface area contributed by atoms with E-state index in [2.05, 4.69) is 53.4 Å². The third-order valence-electron chi connectivity index (χ3n) is 4.85. The molecule has 0 aliphatic carbocycles. The van der Waals surface area contributed by atoms with Crippen LogP contribution in [-0.2, 0) is 16.4 Å². The first-order chi connectivity index (χ1) is 15.9. The summed E-state index contributed by atoms with van der Waals surface area (Å²) in [4.78, 5) is 8.80. The zero-order valence-corrected chi connectivity index (χ0v) is 20.7. The molecular formula is C23H28BrN5O3S. The number of aliphatic hydroxyl groups excluding tert-OH is 1. The molecule has 4 N–H and O–H groups in total. The van der Waals surface area contributed by atoms with Gasteiger partial charge in [-0.3, -0.25) is 0 Å². The van der Waals surface area contributed by atoms with E-state index < -0.39 is 10.0 Å². The van der Waals surface area contributed by atoms with Crippen LogP contribution in [0.2, 0.25) is 0 Å². The van der Waals surface area contributed by atoms with Gasteiger partial charge in [-0.05, 0) is 71.9 Å². The van der Waals surface area contributed by atoms with Crippen LogP contribution in [0.25, 0.3) is 0 Å². The molecule has 0 saturated heterocycles. The molecule has 0 aliphatic heterocycles. The molecule has 8 nitrogen and oxygen atoms in total. The van der Waals surface area contributed by atoms with Crippen LogP contribution in [-0.4, -0.2) is 42.7 Å². The van der Waals surface area contributed by atoms with Crippen molar-refractivity contribution in [2.45, 2.75) is 37.1 Å². The van der Waals surface area contributed by atoms with Gasteiger partial charge in [-0.25, -0.2) is 18.1 Å². The summed E-state index contributed by atoms with van der Waals surface area (Å²) in [6.45, 7) is 2.19. The highest BCUT2D eigenvalue weighted by Crippen LogP contribution is 2.23. The number of sulfonamides is 1. The lowest BCUT2D eigenvalue weighted by Crippen LogP contribution is -2.24. The van der Waals surface area contributed by atoms with Crippen molar-refractivity contribution in [3.05, 3.63) is 70.8 Å². The Morgan fingerprint density at radius 3 is 2.48 bits per heavy atom. The second-order valence-electron chi connectivity index (χ2n) is 7.61.